The van der Waals surface area contributed by atoms with E-state index >= 15 is 0 Å². The number of hydrogen-bond donors (Lipinski definition) is 0. The Bertz CT molecular complexity index is 759. The van der Waals surface area contributed by atoms with Crippen molar-refractivity contribution >= 4 is 11.9 Å². The number of allylic oxidation sites excluding steroid dienone is 1. The van der Waals surface area contributed by atoms with Crippen LogP contribution in [-0.4, -0.2) is 44.0 Å². The van der Waals surface area contributed by atoms with Crippen molar-refractivity contribution in [2.75, 3.05) is 33.4 Å². The van der Waals surface area contributed by atoms with Crippen LogP contribution in [0.2, 0.25) is 0 Å². The number of carbonyl (C=O) groups is 1. The molecule has 1 fully saturated rings. The van der Waals surface area contributed by atoms with Crippen molar-refractivity contribution in [3.63, 3.8) is 0 Å². The van der Waals surface area contributed by atoms with Crippen LogP contribution in [0.15, 0.2) is 54.6 Å². The first-order valence-corrected chi connectivity index (χ1v) is 10.1. The molecule has 0 saturated carbocycles. The molecule has 0 N–H and O–H groups in total. The lowest BCUT2D eigenvalue weighted by Gasteiger charge is -2.26. The summed E-state index contributed by atoms with van der Waals surface area (Å²) in [7, 11) is 1.64. The fourth-order valence-corrected chi connectivity index (χ4v) is 3.36. The molecule has 1 aliphatic rings. The molecule has 1 heterocycles. The number of benzene rings is 2. The molecule has 3 rings (SSSR count). The van der Waals surface area contributed by atoms with Gasteiger partial charge < -0.3 is 14.4 Å². The van der Waals surface area contributed by atoms with Crippen molar-refractivity contribution in [2.24, 2.45) is 0 Å². The maximum Gasteiger partial charge on any atom is 0.185 e. The Labute approximate surface area is 167 Å². The van der Waals surface area contributed by atoms with Crippen LogP contribution in [0.3, 0.4) is 0 Å². The van der Waals surface area contributed by atoms with Crippen molar-refractivity contribution < 1.29 is 14.3 Å². The highest BCUT2D eigenvalue weighted by molar-refractivity contribution is 6.06. The Kier molecular flexibility index (Phi) is 7.68. The smallest absolute Gasteiger partial charge is 0.185 e. The van der Waals surface area contributed by atoms with E-state index in [9.17, 15) is 4.79 Å². The number of ketones is 1. The largest absolute Gasteiger partial charge is 0.497 e. The van der Waals surface area contributed by atoms with Crippen LogP contribution in [0.25, 0.3) is 6.08 Å². The van der Waals surface area contributed by atoms with Crippen molar-refractivity contribution in [3.05, 3.63) is 65.7 Å². The fraction of sp³-hybridized carbons (Fsp3) is 0.375. The number of piperidine rings is 1. The van der Waals surface area contributed by atoms with Gasteiger partial charge >= 0.3 is 0 Å². The van der Waals surface area contributed by atoms with Crippen molar-refractivity contribution in [1.82, 2.24) is 4.90 Å². The summed E-state index contributed by atoms with van der Waals surface area (Å²) in [4.78, 5) is 14.8. The van der Waals surface area contributed by atoms with E-state index in [-0.39, 0.29) is 5.78 Å². The van der Waals surface area contributed by atoms with Gasteiger partial charge in [0.05, 0.1) is 13.7 Å². The number of nitrogens with zero attached hydrogens (tertiary/aromatic N) is 1. The van der Waals surface area contributed by atoms with E-state index < -0.39 is 0 Å². The van der Waals surface area contributed by atoms with Gasteiger partial charge in [-0.15, -0.1) is 0 Å². The molecular formula is C24H29NO3. The first-order chi connectivity index (χ1) is 13.7. The van der Waals surface area contributed by atoms with E-state index in [2.05, 4.69) is 4.90 Å². The molecular weight excluding hydrogens is 350 g/mol. The number of likely N-dealkylation sites (tertiary alicyclic amines) is 1. The molecule has 0 aromatic heterocycles. The minimum atomic E-state index is -0.0209. The third-order valence-electron chi connectivity index (χ3n) is 5.02. The summed E-state index contributed by atoms with van der Waals surface area (Å²) in [5.74, 6) is 1.59. The molecule has 0 spiro atoms. The molecule has 0 atom stereocenters. The zero-order valence-corrected chi connectivity index (χ0v) is 16.6. The summed E-state index contributed by atoms with van der Waals surface area (Å²) in [5.41, 5.74) is 1.62. The Morgan fingerprint density at radius 2 is 1.64 bits per heavy atom. The van der Waals surface area contributed by atoms with Crippen LogP contribution in [-0.2, 0) is 0 Å². The third-order valence-corrected chi connectivity index (χ3v) is 5.02. The van der Waals surface area contributed by atoms with Crippen LogP contribution >= 0.6 is 0 Å². The highest BCUT2D eigenvalue weighted by atomic mass is 16.5. The second-order valence-electron chi connectivity index (χ2n) is 7.10. The molecule has 0 radical (unpaired) electrons. The van der Waals surface area contributed by atoms with Gasteiger partial charge in [-0.2, -0.15) is 0 Å². The summed E-state index contributed by atoms with van der Waals surface area (Å²) in [6.45, 7) is 4.26. The number of hydrogen-bond acceptors (Lipinski definition) is 4. The van der Waals surface area contributed by atoms with Crippen LogP contribution in [0, 0.1) is 0 Å². The Morgan fingerprint density at radius 3 is 2.32 bits per heavy atom. The second-order valence-corrected chi connectivity index (χ2v) is 7.10. The summed E-state index contributed by atoms with van der Waals surface area (Å²) < 4.78 is 11.0. The van der Waals surface area contributed by atoms with Crippen molar-refractivity contribution in [2.45, 2.75) is 25.7 Å². The van der Waals surface area contributed by atoms with Crippen LogP contribution in [0.1, 0.15) is 41.6 Å². The lowest BCUT2D eigenvalue weighted by Crippen LogP contribution is -2.31. The van der Waals surface area contributed by atoms with Gasteiger partial charge in [0.2, 0.25) is 0 Å². The Hall–Kier alpha value is -2.59. The molecule has 0 amide bonds. The summed E-state index contributed by atoms with van der Waals surface area (Å²) in [5, 5.41) is 0. The van der Waals surface area contributed by atoms with Gasteiger partial charge in [-0.3, -0.25) is 4.79 Å². The van der Waals surface area contributed by atoms with Crippen LogP contribution in [0.4, 0.5) is 0 Å². The molecule has 2 aromatic carbocycles. The van der Waals surface area contributed by atoms with Gasteiger partial charge in [-0.05, 0) is 80.4 Å². The molecule has 0 aliphatic carbocycles. The zero-order chi connectivity index (χ0) is 19.6. The molecule has 148 valence electrons. The van der Waals surface area contributed by atoms with Gasteiger partial charge in [0.25, 0.3) is 0 Å². The molecule has 2 aromatic rings. The van der Waals surface area contributed by atoms with Gasteiger partial charge in [0.15, 0.2) is 5.78 Å². The Morgan fingerprint density at radius 1 is 0.964 bits per heavy atom. The van der Waals surface area contributed by atoms with E-state index in [1.54, 1.807) is 13.2 Å². The standard InChI is InChI=1S/C24H29NO3/c1-27-22-11-6-20(7-12-22)8-15-24(26)21-9-13-23(14-10-21)28-19-5-18-25-16-3-2-4-17-25/h6-15H,2-5,16-19H2,1H3/b15-8+. The number of rotatable bonds is 9. The quantitative estimate of drug-likeness (QED) is 0.355. The summed E-state index contributed by atoms with van der Waals surface area (Å²) in [6, 6.07) is 15.0. The SMILES string of the molecule is COc1ccc(/C=C/C(=O)c2ccc(OCCCN3CCCCC3)cc2)cc1. The first kappa shape index (κ1) is 20.2. The number of carbonyl (C=O) groups excluding carboxylic acids is 1. The van der Waals surface area contributed by atoms with Crippen LogP contribution in [0.5, 0.6) is 11.5 Å². The highest BCUT2D eigenvalue weighted by Crippen LogP contribution is 2.16. The normalized spacial score (nSPS) is 14.9. The average molecular weight is 380 g/mol. The fourth-order valence-electron chi connectivity index (χ4n) is 3.36. The molecule has 4 heteroatoms. The molecule has 4 nitrogen and oxygen atoms in total. The maximum atomic E-state index is 12.3. The van der Waals surface area contributed by atoms with E-state index in [1.807, 2.05) is 54.6 Å². The lowest BCUT2D eigenvalue weighted by atomic mass is 10.1. The van der Waals surface area contributed by atoms with Gasteiger partial charge in [0, 0.05) is 12.1 Å². The first-order valence-electron chi connectivity index (χ1n) is 10.1. The summed E-state index contributed by atoms with van der Waals surface area (Å²) >= 11 is 0. The number of ether oxygens (including phenoxy) is 2. The zero-order valence-electron chi connectivity index (χ0n) is 16.6. The van der Waals surface area contributed by atoms with Crippen molar-refractivity contribution in [3.8, 4) is 11.5 Å². The molecule has 28 heavy (non-hydrogen) atoms. The monoisotopic (exact) mass is 379 g/mol. The highest BCUT2D eigenvalue weighted by Gasteiger charge is 2.09. The second kappa shape index (κ2) is 10.7. The van der Waals surface area contributed by atoms with Gasteiger partial charge in [0.1, 0.15) is 11.5 Å². The average Bonchev–Trinajstić information content (AvgIpc) is 2.76. The predicted molar refractivity (Wildman–Crippen MR) is 113 cm³/mol. The van der Waals surface area contributed by atoms with Gasteiger partial charge in [-0.25, -0.2) is 0 Å². The van der Waals surface area contributed by atoms with E-state index in [4.69, 9.17) is 9.47 Å². The number of methoxy groups -OCH3 is 1. The van der Waals surface area contributed by atoms with Crippen molar-refractivity contribution in [1.29, 1.82) is 0 Å². The molecule has 0 unspecified atom stereocenters. The molecule has 0 bridgehead atoms. The molecule has 1 aliphatic heterocycles. The predicted octanol–water partition coefficient (Wildman–Crippen LogP) is 4.85. The van der Waals surface area contributed by atoms with Crippen LogP contribution < -0.4 is 9.47 Å². The maximum absolute atomic E-state index is 12.3. The molecule has 1 saturated heterocycles. The topological polar surface area (TPSA) is 38.8 Å². The Balaban J connectivity index is 1.43. The van der Waals surface area contributed by atoms with E-state index in [1.165, 1.54) is 32.4 Å². The lowest BCUT2D eigenvalue weighted by molar-refractivity contribution is 0.104. The van der Waals surface area contributed by atoms with E-state index in [0.717, 1.165) is 30.0 Å². The summed E-state index contributed by atoms with van der Waals surface area (Å²) in [6.07, 6.45) is 8.45. The van der Waals surface area contributed by atoms with Gasteiger partial charge in [-0.1, -0.05) is 24.6 Å². The minimum absolute atomic E-state index is 0.0209. The minimum Gasteiger partial charge on any atom is -0.497 e. The third kappa shape index (κ3) is 6.24. The van der Waals surface area contributed by atoms with E-state index in [0.29, 0.717) is 12.2 Å².